The molecular formula is C36H38F2N4O3. The van der Waals surface area contributed by atoms with Gasteiger partial charge in [0.25, 0.3) is 5.91 Å². The molecular weight excluding hydrogens is 574 g/mol. The maximum atomic E-state index is 14.4. The highest BCUT2D eigenvalue weighted by molar-refractivity contribution is 5.94. The van der Waals surface area contributed by atoms with E-state index in [4.69, 9.17) is 4.74 Å². The number of carbonyl (C=O) groups excluding carboxylic acids is 1. The van der Waals surface area contributed by atoms with Gasteiger partial charge in [0.1, 0.15) is 18.2 Å². The summed E-state index contributed by atoms with van der Waals surface area (Å²) in [4.78, 5) is 23.1. The number of piperidine rings is 1. The molecule has 1 N–H and O–H groups in total. The van der Waals surface area contributed by atoms with Crippen molar-refractivity contribution < 1.29 is 23.4 Å². The Labute approximate surface area is 262 Å². The fourth-order valence-corrected chi connectivity index (χ4v) is 6.23. The van der Waals surface area contributed by atoms with Crippen LogP contribution >= 0.6 is 0 Å². The van der Waals surface area contributed by atoms with Gasteiger partial charge in [-0.15, -0.1) is 0 Å². The van der Waals surface area contributed by atoms with Gasteiger partial charge in [0.15, 0.2) is 0 Å². The number of benzene rings is 3. The van der Waals surface area contributed by atoms with Crippen molar-refractivity contribution in [2.24, 2.45) is 0 Å². The van der Waals surface area contributed by atoms with Gasteiger partial charge in [-0.1, -0.05) is 30.3 Å². The van der Waals surface area contributed by atoms with Crippen LogP contribution in [-0.2, 0) is 6.42 Å². The van der Waals surface area contributed by atoms with Crippen molar-refractivity contribution in [2.75, 3.05) is 57.8 Å². The number of rotatable bonds is 4. The number of anilines is 1. The molecule has 3 heterocycles. The van der Waals surface area contributed by atoms with Crippen LogP contribution in [0.25, 0.3) is 11.1 Å². The molecule has 45 heavy (non-hydrogen) atoms. The number of hydrogen-bond acceptors (Lipinski definition) is 6. The number of ether oxygens (including phenoxy) is 1. The van der Waals surface area contributed by atoms with Crippen molar-refractivity contribution in [1.82, 2.24) is 14.8 Å². The van der Waals surface area contributed by atoms with Crippen LogP contribution in [0.4, 0.5) is 14.5 Å². The van der Waals surface area contributed by atoms with Gasteiger partial charge in [-0.2, -0.15) is 4.39 Å². The molecule has 1 aromatic heterocycles. The predicted molar refractivity (Wildman–Crippen MR) is 171 cm³/mol. The molecule has 4 aromatic rings. The molecule has 2 bridgehead atoms. The van der Waals surface area contributed by atoms with Gasteiger partial charge in [-0.05, 0) is 78.1 Å². The van der Waals surface area contributed by atoms with Crippen LogP contribution < -0.4 is 9.64 Å². The van der Waals surface area contributed by atoms with Gasteiger partial charge in [-0.3, -0.25) is 9.69 Å². The van der Waals surface area contributed by atoms with Gasteiger partial charge >= 0.3 is 0 Å². The van der Waals surface area contributed by atoms with Crippen molar-refractivity contribution >= 4 is 11.6 Å². The summed E-state index contributed by atoms with van der Waals surface area (Å²) in [5.41, 5.74) is 3.84. The minimum Gasteiger partial charge on any atom is -0.492 e. The van der Waals surface area contributed by atoms with E-state index in [1.165, 1.54) is 18.3 Å². The maximum Gasteiger partial charge on any atom is 0.253 e. The molecule has 3 aromatic carbocycles. The number of β-amino-alcohol motifs (C(OH)–C–C–N with tert-alkyl or cyclic N) is 1. The van der Waals surface area contributed by atoms with E-state index in [9.17, 15) is 18.7 Å². The van der Waals surface area contributed by atoms with Crippen molar-refractivity contribution in [3.63, 3.8) is 0 Å². The summed E-state index contributed by atoms with van der Waals surface area (Å²) < 4.78 is 34.3. The average molecular weight is 613 g/mol. The molecule has 6 rings (SSSR count). The summed E-state index contributed by atoms with van der Waals surface area (Å²) in [5, 5.41) is 11.6. The molecule has 9 heteroatoms. The number of carbonyl (C=O) groups is 1. The summed E-state index contributed by atoms with van der Waals surface area (Å²) in [6.07, 6.45) is 3.07. The Morgan fingerprint density at radius 3 is 2.44 bits per heavy atom. The Morgan fingerprint density at radius 2 is 1.67 bits per heavy atom. The van der Waals surface area contributed by atoms with Crippen molar-refractivity contribution in [3.05, 3.63) is 114 Å². The third-order valence-electron chi connectivity index (χ3n) is 8.86. The molecule has 7 nitrogen and oxygen atoms in total. The number of likely N-dealkylation sites (N-methyl/N-ethyl adjacent to an activating group) is 1. The monoisotopic (exact) mass is 612 g/mol. The van der Waals surface area contributed by atoms with Crippen LogP contribution in [0.3, 0.4) is 0 Å². The van der Waals surface area contributed by atoms with Crippen LogP contribution in [0.2, 0.25) is 0 Å². The maximum absolute atomic E-state index is 14.4. The molecule has 1 fully saturated rings. The molecule has 0 spiro atoms. The molecule has 234 valence electrons. The summed E-state index contributed by atoms with van der Waals surface area (Å²) in [6.45, 7) is 3.52. The van der Waals surface area contributed by atoms with Gasteiger partial charge in [-0.25, -0.2) is 9.37 Å². The number of nitrogens with zero attached hydrogens (tertiary/aromatic N) is 4. The zero-order valence-corrected chi connectivity index (χ0v) is 25.5. The smallest absolute Gasteiger partial charge is 0.253 e. The molecule has 1 amide bonds. The molecule has 1 saturated heterocycles. The summed E-state index contributed by atoms with van der Waals surface area (Å²) >= 11 is 0. The highest BCUT2D eigenvalue weighted by Gasteiger charge is 2.35. The van der Waals surface area contributed by atoms with Gasteiger partial charge in [0.2, 0.25) is 5.95 Å². The first-order valence-corrected chi connectivity index (χ1v) is 15.4. The Kier molecular flexibility index (Phi) is 9.09. The van der Waals surface area contributed by atoms with Crippen LogP contribution in [-0.4, -0.2) is 84.3 Å². The lowest BCUT2D eigenvalue weighted by molar-refractivity contribution is -0.0196. The topological polar surface area (TPSA) is 69.1 Å². The number of para-hydroxylation sites is 1. The molecule has 2 aliphatic heterocycles. The Bertz CT molecular complexity index is 1640. The Balaban J connectivity index is 1.22. The predicted octanol–water partition coefficient (Wildman–Crippen LogP) is 5.42. The van der Waals surface area contributed by atoms with Crippen LogP contribution in [0, 0.1) is 11.8 Å². The molecule has 0 unspecified atom stereocenters. The first-order chi connectivity index (χ1) is 21.8. The van der Waals surface area contributed by atoms with E-state index in [1.54, 1.807) is 30.1 Å². The SMILES string of the molecule is CN1CCN(CC2(O)CCN(c3ccccc3F)CC2)CCOc2ccc(-c3ccc(F)nc3)cc2Cc2cccc(c2)C1=O. The first-order valence-electron chi connectivity index (χ1n) is 15.4. The van der Waals surface area contributed by atoms with Gasteiger partial charge < -0.3 is 19.6 Å². The zero-order valence-electron chi connectivity index (χ0n) is 25.5. The fourth-order valence-electron chi connectivity index (χ4n) is 6.23. The standard InChI is InChI=1S/C36H38F2N4O3/c1-40-17-18-41(25-36(44)13-15-42(16-14-36)32-8-3-2-7-31(32)37)19-20-45-33-11-9-27(29-10-12-34(38)39-24-29)23-30(33)22-26-5-4-6-28(21-26)35(40)43/h2-12,21,23-24,44H,13-20,22,25H2,1H3. The molecule has 0 aliphatic carbocycles. The number of pyridine rings is 1. The van der Waals surface area contributed by atoms with Crippen molar-refractivity contribution in [3.8, 4) is 16.9 Å². The van der Waals surface area contributed by atoms with E-state index in [0.717, 1.165) is 28.0 Å². The second-order valence-corrected chi connectivity index (χ2v) is 12.1. The van der Waals surface area contributed by atoms with Gasteiger partial charge in [0.05, 0.1) is 11.3 Å². The molecule has 0 atom stereocenters. The minimum absolute atomic E-state index is 0.0617. The minimum atomic E-state index is -0.944. The van der Waals surface area contributed by atoms with Crippen molar-refractivity contribution in [2.45, 2.75) is 24.9 Å². The molecule has 0 radical (unpaired) electrons. The quantitative estimate of drug-likeness (QED) is 0.311. The summed E-state index contributed by atoms with van der Waals surface area (Å²) in [5.74, 6) is -0.114. The number of amides is 1. The highest BCUT2D eigenvalue weighted by atomic mass is 19.1. The number of aromatic nitrogens is 1. The summed E-state index contributed by atoms with van der Waals surface area (Å²) in [6, 6.07) is 23.3. The largest absolute Gasteiger partial charge is 0.492 e. The van der Waals surface area contributed by atoms with Crippen molar-refractivity contribution in [1.29, 1.82) is 0 Å². The first kappa shape index (κ1) is 30.7. The van der Waals surface area contributed by atoms with E-state index in [2.05, 4.69) is 9.88 Å². The highest BCUT2D eigenvalue weighted by Crippen LogP contribution is 2.31. The third kappa shape index (κ3) is 7.32. The number of fused-ring (bicyclic) bond motifs is 3. The van der Waals surface area contributed by atoms with E-state index in [0.29, 0.717) is 76.4 Å². The van der Waals surface area contributed by atoms with E-state index >= 15 is 0 Å². The van der Waals surface area contributed by atoms with Crippen LogP contribution in [0.1, 0.15) is 34.3 Å². The second-order valence-electron chi connectivity index (χ2n) is 12.1. The lowest BCUT2D eigenvalue weighted by Crippen LogP contribution is -2.52. The summed E-state index contributed by atoms with van der Waals surface area (Å²) in [7, 11) is 1.80. The Hall–Kier alpha value is -4.34. The second kappa shape index (κ2) is 13.3. The third-order valence-corrected chi connectivity index (χ3v) is 8.86. The van der Waals surface area contributed by atoms with E-state index in [1.807, 2.05) is 53.4 Å². The molecule has 2 aliphatic rings. The van der Waals surface area contributed by atoms with Crippen LogP contribution in [0.5, 0.6) is 5.75 Å². The lowest BCUT2D eigenvalue weighted by Gasteiger charge is -2.42. The normalized spacial score (nSPS) is 17.7. The molecule has 0 saturated carbocycles. The fraction of sp³-hybridized carbons (Fsp3) is 0.333. The Morgan fingerprint density at radius 1 is 0.867 bits per heavy atom. The average Bonchev–Trinajstić information content (AvgIpc) is 3.04. The number of aliphatic hydroxyl groups is 1. The number of hydrogen-bond donors (Lipinski definition) is 1. The van der Waals surface area contributed by atoms with E-state index in [-0.39, 0.29) is 11.7 Å². The number of halogens is 2. The van der Waals surface area contributed by atoms with Gasteiger partial charge in [0, 0.05) is 70.1 Å². The lowest BCUT2D eigenvalue weighted by atomic mass is 9.90. The van der Waals surface area contributed by atoms with Crippen LogP contribution in [0.15, 0.2) is 85.1 Å². The van der Waals surface area contributed by atoms with E-state index < -0.39 is 11.5 Å². The zero-order chi connectivity index (χ0) is 31.4.